The van der Waals surface area contributed by atoms with Gasteiger partial charge in [-0.05, 0) is 63.2 Å². The number of aryl methyl sites for hydroxylation is 2. The summed E-state index contributed by atoms with van der Waals surface area (Å²) < 4.78 is 40.5. The van der Waals surface area contributed by atoms with Crippen molar-refractivity contribution >= 4 is 15.9 Å². The second kappa shape index (κ2) is 7.41. The average Bonchev–Trinajstić information content (AvgIpc) is 2.94. The third kappa shape index (κ3) is 3.59. The molecule has 0 unspecified atom stereocenters. The van der Waals surface area contributed by atoms with Crippen molar-refractivity contribution < 1.29 is 12.8 Å². The van der Waals surface area contributed by atoms with E-state index in [4.69, 9.17) is 0 Å². The highest BCUT2D eigenvalue weighted by atomic mass is 32.2. The van der Waals surface area contributed by atoms with E-state index in [9.17, 15) is 18.1 Å². The van der Waals surface area contributed by atoms with Gasteiger partial charge in [0.1, 0.15) is 16.8 Å². The molecule has 0 aliphatic rings. The van der Waals surface area contributed by atoms with Gasteiger partial charge in [-0.25, -0.2) is 17.5 Å². The van der Waals surface area contributed by atoms with Crippen molar-refractivity contribution in [2.45, 2.75) is 25.7 Å². The lowest BCUT2D eigenvalue weighted by Gasteiger charge is -2.05. The van der Waals surface area contributed by atoms with Crippen LogP contribution in [0.2, 0.25) is 0 Å². The molecule has 0 radical (unpaired) electrons. The molecule has 0 atom stereocenters. The number of benzene rings is 2. The third-order valence-corrected chi connectivity index (χ3v) is 6.11. The van der Waals surface area contributed by atoms with Crippen LogP contribution in [0.5, 0.6) is 0 Å². The van der Waals surface area contributed by atoms with E-state index in [0.717, 1.165) is 5.56 Å². The maximum Gasteiger partial charge on any atom is 0.216 e. The molecule has 3 aromatic rings. The van der Waals surface area contributed by atoms with Gasteiger partial charge in [0.15, 0.2) is 0 Å². The molecule has 0 aliphatic carbocycles. The molecule has 0 fully saturated rings. The zero-order chi connectivity index (χ0) is 20.5. The van der Waals surface area contributed by atoms with Gasteiger partial charge in [-0.1, -0.05) is 17.7 Å². The van der Waals surface area contributed by atoms with Gasteiger partial charge in [-0.15, -0.1) is 0 Å². The molecule has 28 heavy (non-hydrogen) atoms. The van der Waals surface area contributed by atoms with Gasteiger partial charge in [0.2, 0.25) is 9.84 Å². The summed E-state index contributed by atoms with van der Waals surface area (Å²) in [6.07, 6.45) is 1.34. The number of halogens is 1. The number of hydrogen-bond donors (Lipinski definition) is 0. The molecule has 0 bridgehead atoms. The van der Waals surface area contributed by atoms with Gasteiger partial charge >= 0.3 is 0 Å². The Labute approximate surface area is 163 Å². The smallest absolute Gasteiger partial charge is 0.216 e. The maximum absolute atomic E-state index is 13.2. The van der Waals surface area contributed by atoms with E-state index in [-0.39, 0.29) is 15.6 Å². The fourth-order valence-corrected chi connectivity index (χ4v) is 3.98. The van der Waals surface area contributed by atoms with Crippen LogP contribution < -0.4 is 0 Å². The van der Waals surface area contributed by atoms with Crippen molar-refractivity contribution in [3.63, 3.8) is 0 Å². The van der Waals surface area contributed by atoms with E-state index in [0.29, 0.717) is 22.6 Å². The third-order valence-electron chi connectivity index (χ3n) is 4.42. The van der Waals surface area contributed by atoms with Crippen LogP contribution in [-0.2, 0) is 9.84 Å². The molecular weight excluding hydrogens is 377 g/mol. The number of rotatable bonds is 4. The summed E-state index contributed by atoms with van der Waals surface area (Å²) in [5, 5.41) is 13.9. The lowest BCUT2D eigenvalue weighted by atomic mass is 10.2. The van der Waals surface area contributed by atoms with Crippen molar-refractivity contribution in [1.29, 1.82) is 5.26 Å². The van der Waals surface area contributed by atoms with E-state index in [1.807, 2.05) is 6.92 Å². The Morgan fingerprint density at radius 1 is 1.07 bits per heavy atom. The molecule has 2 aromatic carbocycles. The van der Waals surface area contributed by atoms with Crippen molar-refractivity contribution in [2.75, 3.05) is 0 Å². The first-order chi connectivity index (χ1) is 13.2. The van der Waals surface area contributed by atoms with Crippen LogP contribution in [0.1, 0.15) is 22.5 Å². The van der Waals surface area contributed by atoms with Crippen LogP contribution in [-0.4, -0.2) is 18.2 Å². The van der Waals surface area contributed by atoms with E-state index in [1.165, 1.54) is 30.3 Å². The molecule has 3 rings (SSSR count). The summed E-state index contributed by atoms with van der Waals surface area (Å²) in [5.41, 5.74) is 3.32. The Morgan fingerprint density at radius 2 is 1.68 bits per heavy atom. The van der Waals surface area contributed by atoms with Crippen LogP contribution in [0.3, 0.4) is 0 Å². The average molecular weight is 395 g/mol. The number of allylic oxidation sites excluding steroid dienone is 1. The topological polar surface area (TPSA) is 75.8 Å². The fraction of sp³-hybridized carbons (Fsp3) is 0.143. The second-order valence-electron chi connectivity index (χ2n) is 6.41. The van der Waals surface area contributed by atoms with Gasteiger partial charge < -0.3 is 0 Å². The highest BCUT2D eigenvalue weighted by Crippen LogP contribution is 2.25. The van der Waals surface area contributed by atoms with E-state index in [2.05, 4.69) is 5.10 Å². The van der Waals surface area contributed by atoms with Crippen molar-refractivity contribution in [3.05, 3.63) is 81.8 Å². The Bertz CT molecular complexity index is 1200. The quantitative estimate of drug-likeness (QED) is 0.618. The first-order valence-corrected chi connectivity index (χ1v) is 9.98. The summed E-state index contributed by atoms with van der Waals surface area (Å²) in [6, 6.07) is 13.9. The number of nitriles is 1. The van der Waals surface area contributed by atoms with Crippen LogP contribution in [0.15, 0.2) is 58.3 Å². The molecule has 142 valence electrons. The minimum Gasteiger partial charge on any atom is -0.237 e. The molecule has 0 N–H and O–H groups in total. The second-order valence-corrected chi connectivity index (χ2v) is 8.33. The molecule has 0 aliphatic heterocycles. The van der Waals surface area contributed by atoms with E-state index in [1.54, 1.807) is 48.9 Å². The number of sulfone groups is 1. The molecule has 0 saturated carbocycles. The summed E-state index contributed by atoms with van der Waals surface area (Å²) in [4.78, 5) is -0.298. The van der Waals surface area contributed by atoms with Crippen LogP contribution in [0.4, 0.5) is 4.39 Å². The molecule has 0 spiro atoms. The largest absolute Gasteiger partial charge is 0.237 e. The number of nitrogens with zero attached hydrogens (tertiary/aromatic N) is 3. The predicted octanol–water partition coefficient (Wildman–Crippen LogP) is 4.28. The number of hydrogen-bond acceptors (Lipinski definition) is 4. The van der Waals surface area contributed by atoms with Gasteiger partial charge in [-0.3, -0.25) is 0 Å². The van der Waals surface area contributed by atoms with E-state index >= 15 is 0 Å². The Balaban J connectivity index is 2.10. The Kier molecular flexibility index (Phi) is 5.16. The predicted molar refractivity (Wildman–Crippen MR) is 105 cm³/mol. The molecule has 7 heteroatoms. The Morgan fingerprint density at radius 3 is 2.25 bits per heavy atom. The SMILES string of the molecule is Cc1ccc(S(=O)(=O)/C(C#N)=C/c2c(C)nn(-c3ccc(F)cc3)c2C)cc1. The highest BCUT2D eigenvalue weighted by molar-refractivity contribution is 7.95. The first kappa shape index (κ1) is 19.5. The van der Waals surface area contributed by atoms with Crippen molar-refractivity contribution in [3.8, 4) is 11.8 Å². The summed E-state index contributed by atoms with van der Waals surface area (Å²) in [6.45, 7) is 5.35. The lowest BCUT2D eigenvalue weighted by Crippen LogP contribution is -2.04. The lowest BCUT2D eigenvalue weighted by molar-refractivity contribution is 0.603. The standard InChI is InChI=1S/C21H18FN3O2S/c1-14-4-10-19(11-5-14)28(26,27)20(13-23)12-21-15(2)24-25(16(21)3)18-8-6-17(22)7-9-18/h4-12H,1-3H3/b20-12+. The van der Waals surface area contributed by atoms with Gasteiger partial charge in [0, 0.05) is 11.3 Å². The van der Waals surface area contributed by atoms with Gasteiger partial charge in [0.25, 0.3) is 0 Å². The highest BCUT2D eigenvalue weighted by Gasteiger charge is 2.22. The zero-order valence-electron chi connectivity index (χ0n) is 15.6. The maximum atomic E-state index is 13.2. The summed E-state index contributed by atoms with van der Waals surface area (Å²) in [5.74, 6) is -0.360. The minimum absolute atomic E-state index is 0.0622. The van der Waals surface area contributed by atoms with Gasteiger partial charge in [-0.2, -0.15) is 10.4 Å². The number of aromatic nitrogens is 2. The first-order valence-electron chi connectivity index (χ1n) is 8.50. The molecule has 0 amide bonds. The molecule has 1 heterocycles. The van der Waals surface area contributed by atoms with Crippen LogP contribution >= 0.6 is 0 Å². The molecule has 0 saturated heterocycles. The zero-order valence-corrected chi connectivity index (χ0v) is 16.5. The molecule has 1 aromatic heterocycles. The summed E-state index contributed by atoms with van der Waals surface area (Å²) in [7, 11) is -3.95. The van der Waals surface area contributed by atoms with Gasteiger partial charge in [0.05, 0.1) is 16.3 Å². The Hall–Kier alpha value is -3.24. The summed E-state index contributed by atoms with van der Waals surface area (Å²) >= 11 is 0. The molecular formula is C21H18FN3O2S. The van der Waals surface area contributed by atoms with Crippen molar-refractivity contribution in [1.82, 2.24) is 9.78 Å². The van der Waals surface area contributed by atoms with Crippen LogP contribution in [0.25, 0.3) is 11.8 Å². The van der Waals surface area contributed by atoms with E-state index < -0.39 is 9.84 Å². The monoisotopic (exact) mass is 395 g/mol. The molecule has 5 nitrogen and oxygen atoms in total. The van der Waals surface area contributed by atoms with Crippen LogP contribution in [0, 0.1) is 37.9 Å². The van der Waals surface area contributed by atoms with Crippen molar-refractivity contribution in [2.24, 2.45) is 0 Å². The minimum atomic E-state index is -3.95. The fourth-order valence-electron chi connectivity index (χ4n) is 2.84. The normalized spacial score (nSPS) is 12.0.